The van der Waals surface area contributed by atoms with Crippen LogP contribution in [0.3, 0.4) is 0 Å². The summed E-state index contributed by atoms with van der Waals surface area (Å²) in [5.74, 6) is -1.10. The molecule has 0 unspecified atom stereocenters. The minimum Gasteiger partial charge on any atom is -0.365 e. The van der Waals surface area contributed by atoms with Crippen molar-refractivity contribution in [2.75, 3.05) is 0 Å². The Hall–Kier alpha value is -2.25. The van der Waals surface area contributed by atoms with Crippen LogP contribution in [0.5, 0.6) is 0 Å². The lowest BCUT2D eigenvalue weighted by atomic mass is 10.2. The van der Waals surface area contributed by atoms with Crippen LogP contribution < -0.4 is 11.3 Å². The maximum absolute atomic E-state index is 13.9. The molecule has 0 bridgehead atoms. The van der Waals surface area contributed by atoms with Gasteiger partial charge in [-0.15, -0.1) is 11.3 Å². The van der Waals surface area contributed by atoms with Gasteiger partial charge in [0.2, 0.25) is 0 Å². The van der Waals surface area contributed by atoms with Gasteiger partial charge in [-0.3, -0.25) is 14.2 Å². The molecular formula is C15H11ClFN3O2S. The molecule has 2 aromatic heterocycles. The third-order valence-electron chi connectivity index (χ3n) is 3.53. The SMILES string of the molecule is Cc1c(C(N)=O)sc2ncn(Cc3c(F)cccc3Cl)c(=O)c12. The number of halogens is 2. The number of nitrogens with two attached hydrogens (primary N) is 1. The zero-order valence-electron chi connectivity index (χ0n) is 12.0. The number of hydrogen-bond donors (Lipinski definition) is 1. The van der Waals surface area contributed by atoms with Crippen LogP contribution in [-0.2, 0) is 6.54 Å². The predicted octanol–water partition coefficient (Wildman–Crippen LogP) is 2.71. The molecule has 8 heteroatoms. The van der Waals surface area contributed by atoms with E-state index in [0.29, 0.717) is 20.7 Å². The maximum Gasteiger partial charge on any atom is 0.262 e. The van der Waals surface area contributed by atoms with Crippen molar-refractivity contribution >= 4 is 39.1 Å². The fourth-order valence-corrected chi connectivity index (χ4v) is 3.57. The van der Waals surface area contributed by atoms with Crippen molar-refractivity contribution in [1.82, 2.24) is 9.55 Å². The molecule has 5 nitrogen and oxygen atoms in total. The van der Waals surface area contributed by atoms with Gasteiger partial charge in [-0.2, -0.15) is 0 Å². The molecule has 2 N–H and O–H groups in total. The standard InChI is InChI=1S/C15H11ClFN3O2S/c1-7-11-14(23-12(7)13(18)21)19-6-20(15(11)22)5-8-9(16)3-2-4-10(8)17/h2-4,6H,5H2,1H3,(H2,18,21). The Bertz CT molecular complexity index is 976. The number of thiophene rings is 1. The average molecular weight is 352 g/mol. The van der Waals surface area contributed by atoms with E-state index in [9.17, 15) is 14.0 Å². The molecule has 0 aliphatic heterocycles. The molecule has 1 amide bonds. The third-order valence-corrected chi connectivity index (χ3v) is 5.10. The van der Waals surface area contributed by atoms with E-state index >= 15 is 0 Å². The summed E-state index contributed by atoms with van der Waals surface area (Å²) >= 11 is 7.06. The van der Waals surface area contributed by atoms with Gasteiger partial charge in [0.1, 0.15) is 10.6 Å². The smallest absolute Gasteiger partial charge is 0.262 e. The summed E-state index contributed by atoms with van der Waals surface area (Å²) in [7, 11) is 0. The highest BCUT2D eigenvalue weighted by atomic mass is 35.5. The lowest BCUT2D eigenvalue weighted by Gasteiger charge is -2.08. The van der Waals surface area contributed by atoms with E-state index in [1.807, 2.05) is 0 Å². The van der Waals surface area contributed by atoms with Crippen LogP contribution in [0.1, 0.15) is 20.8 Å². The van der Waals surface area contributed by atoms with E-state index in [2.05, 4.69) is 4.98 Å². The summed E-state index contributed by atoms with van der Waals surface area (Å²) in [6.07, 6.45) is 1.31. The van der Waals surface area contributed by atoms with Crippen molar-refractivity contribution in [3.63, 3.8) is 0 Å². The van der Waals surface area contributed by atoms with Crippen molar-refractivity contribution in [3.8, 4) is 0 Å². The Morgan fingerprint density at radius 3 is 2.87 bits per heavy atom. The fraction of sp³-hybridized carbons (Fsp3) is 0.133. The van der Waals surface area contributed by atoms with Crippen molar-refractivity contribution in [1.29, 1.82) is 0 Å². The van der Waals surface area contributed by atoms with Crippen LogP contribution in [0, 0.1) is 12.7 Å². The van der Waals surface area contributed by atoms with Gasteiger partial charge >= 0.3 is 0 Å². The Kier molecular flexibility index (Phi) is 3.91. The molecule has 0 radical (unpaired) electrons. The van der Waals surface area contributed by atoms with Crippen LogP contribution in [0.2, 0.25) is 5.02 Å². The minimum atomic E-state index is -0.603. The van der Waals surface area contributed by atoms with Crippen LogP contribution in [0.15, 0.2) is 29.3 Å². The highest BCUT2D eigenvalue weighted by Gasteiger charge is 2.18. The normalized spacial score (nSPS) is 11.1. The highest BCUT2D eigenvalue weighted by molar-refractivity contribution is 7.20. The van der Waals surface area contributed by atoms with Gasteiger partial charge in [0.05, 0.1) is 23.1 Å². The van der Waals surface area contributed by atoms with E-state index in [4.69, 9.17) is 17.3 Å². The average Bonchev–Trinajstić information content (AvgIpc) is 2.83. The number of hydrogen-bond acceptors (Lipinski definition) is 4. The molecule has 0 saturated carbocycles. The molecule has 0 fully saturated rings. The maximum atomic E-state index is 13.9. The number of carbonyl (C=O) groups excluding carboxylic acids is 1. The third kappa shape index (κ3) is 2.62. The Morgan fingerprint density at radius 2 is 2.22 bits per heavy atom. The number of aryl methyl sites for hydroxylation is 1. The molecule has 3 rings (SSSR count). The first-order valence-electron chi connectivity index (χ1n) is 6.61. The van der Waals surface area contributed by atoms with Gasteiger partial charge in [-0.25, -0.2) is 9.37 Å². The second-order valence-electron chi connectivity index (χ2n) is 4.98. The highest BCUT2D eigenvalue weighted by Crippen LogP contribution is 2.26. The number of primary amides is 1. The van der Waals surface area contributed by atoms with Gasteiger partial charge in [0.25, 0.3) is 11.5 Å². The summed E-state index contributed by atoms with van der Waals surface area (Å²) in [4.78, 5) is 28.9. The largest absolute Gasteiger partial charge is 0.365 e. The quantitative estimate of drug-likeness (QED) is 0.788. The predicted molar refractivity (Wildman–Crippen MR) is 87.6 cm³/mol. The molecule has 0 aliphatic rings. The topological polar surface area (TPSA) is 78.0 Å². The number of carbonyl (C=O) groups is 1. The summed E-state index contributed by atoms with van der Waals surface area (Å²) in [5.41, 5.74) is 5.63. The van der Waals surface area contributed by atoms with Gasteiger partial charge in [0, 0.05) is 10.6 Å². The van der Waals surface area contributed by atoms with Crippen molar-refractivity contribution in [2.45, 2.75) is 13.5 Å². The van der Waals surface area contributed by atoms with Crippen LogP contribution >= 0.6 is 22.9 Å². The van der Waals surface area contributed by atoms with Crippen molar-refractivity contribution in [3.05, 3.63) is 61.7 Å². The number of fused-ring (bicyclic) bond motifs is 1. The van der Waals surface area contributed by atoms with Gasteiger partial charge in [-0.05, 0) is 24.6 Å². The van der Waals surface area contributed by atoms with E-state index < -0.39 is 11.7 Å². The summed E-state index contributed by atoms with van der Waals surface area (Å²) in [5, 5.41) is 0.552. The number of aromatic nitrogens is 2. The van der Waals surface area contributed by atoms with Gasteiger partial charge in [0.15, 0.2) is 0 Å². The lowest BCUT2D eigenvalue weighted by Crippen LogP contribution is -2.22. The summed E-state index contributed by atoms with van der Waals surface area (Å²) in [6, 6.07) is 4.32. The van der Waals surface area contributed by atoms with Crippen LogP contribution in [0.4, 0.5) is 4.39 Å². The number of nitrogens with zero attached hydrogens (tertiary/aromatic N) is 2. The van der Waals surface area contributed by atoms with Crippen LogP contribution in [0.25, 0.3) is 10.2 Å². The molecule has 3 aromatic rings. The Balaban J connectivity index is 2.17. The minimum absolute atomic E-state index is 0.0472. The van der Waals surface area contributed by atoms with E-state index in [1.54, 1.807) is 13.0 Å². The van der Waals surface area contributed by atoms with E-state index in [0.717, 1.165) is 11.3 Å². The first kappa shape index (κ1) is 15.6. The second-order valence-corrected chi connectivity index (χ2v) is 6.38. The Morgan fingerprint density at radius 1 is 1.48 bits per heavy atom. The van der Waals surface area contributed by atoms with Crippen molar-refractivity contribution in [2.24, 2.45) is 5.73 Å². The molecule has 0 spiro atoms. The number of benzene rings is 1. The monoisotopic (exact) mass is 351 g/mol. The molecular weight excluding hydrogens is 341 g/mol. The molecule has 0 saturated heterocycles. The zero-order chi connectivity index (χ0) is 16.7. The first-order chi connectivity index (χ1) is 10.9. The van der Waals surface area contributed by atoms with Crippen LogP contribution in [-0.4, -0.2) is 15.5 Å². The summed E-state index contributed by atoms with van der Waals surface area (Å²) < 4.78 is 15.2. The molecule has 0 aliphatic carbocycles. The molecule has 23 heavy (non-hydrogen) atoms. The van der Waals surface area contributed by atoms with E-state index in [-0.39, 0.29) is 22.7 Å². The van der Waals surface area contributed by atoms with Gasteiger partial charge < -0.3 is 5.73 Å². The summed E-state index contributed by atoms with van der Waals surface area (Å²) in [6.45, 7) is 1.59. The second kappa shape index (κ2) is 5.75. The molecule has 0 atom stereocenters. The number of rotatable bonds is 3. The Labute approximate surface area is 139 Å². The first-order valence-corrected chi connectivity index (χ1v) is 7.81. The number of amides is 1. The lowest BCUT2D eigenvalue weighted by molar-refractivity contribution is 0.100. The zero-order valence-corrected chi connectivity index (χ0v) is 13.5. The van der Waals surface area contributed by atoms with Crippen molar-refractivity contribution < 1.29 is 9.18 Å². The molecule has 1 aromatic carbocycles. The van der Waals surface area contributed by atoms with Gasteiger partial charge in [-0.1, -0.05) is 17.7 Å². The fourth-order valence-electron chi connectivity index (χ4n) is 2.36. The van der Waals surface area contributed by atoms with E-state index in [1.165, 1.54) is 23.0 Å². The molecule has 118 valence electrons. The molecule has 2 heterocycles.